The molecule has 4 nitrogen and oxygen atoms in total. The number of halogens is 2. The number of hydrogen-bond acceptors (Lipinski definition) is 3. The van der Waals surface area contributed by atoms with Crippen LogP contribution in [-0.2, 0) is 0 Å². The molecule has 110 valence electrons. The number of hydrogen-bond donors (Lipinski definition) is 2. The molecule has 0 unspecified atom stereocenters. The molecule has 0 bridgehead atoms. The van der Waals surface area contributed by atoms with Gasteiger partial charge in [0, 0.05) is 11.6 Å². The van der Waals surface area contributed by atoms with Gasteiger partial charge in [-0.05, 0) is 31.2 Å². The first-order valence-electron chi connectivity index (χ1n) is 6.25. The average Bonchev–Trinajstić information content (AvgIpc) is 2.43. The van der Waals surface area contributed by atoms with E-state index in [2.05, 4.69) is 0 Å². The maximum absolute atomic E-state index is 13.9. The molecule has 0 saturated heterocycles. The zero-order valence-electron chi connectivity index (χ0n) is 11.3. The Morgan fingerprint density at radius 2 is 1.76 bits per heavy atom. The predicted molar refractivity (Wildman–Crippen MR) is 75.1 cm³/mol. The Morgan fingerprint density at radius 1 is 1.14 bits per heavy atom. The van der Waals surface area contributed by atoms with Crippen molar-refractivity contribution in [1.29, 1.82) is 5.41 Å². The van der Waals surface area contributed by atoms with Crippen molar-refractivity contribution in [2.75, 3.05) is 6.61 Å². The van der Waals surface area contributed by atoms with E-state index in [4.69, 9.17) is 20.6 Å². The standard InChI is InChI=1S/C15H14F2N2O2/c1-2-20-10-4-3-5-11(8-10)21-14-12(16)6-9(15(18)19)7-13(14)17/h3-8H,2H2,1H3,(H3,18,19). The minimum atomic E-state index is -0.929. The third kappa shape index (κ3) is 3.47. The molecule has 0 aliphatic heterocycles. The van der Waals surface area contributed by atoms with Crippen LogP contribution in [0.15, 0.2) is 36.4 Å². The third-order valence-corrected chi connectivity index (χ3v) is 2.65. The van der Waals surface area contributed by atoms with E-state index in [0.29, 0.717) is 12.4 Å². The number of benzene rings is 2. The number of nitrogens with two attached hydrogens (primary N) is 1. The van der Waals surface area contributed by atoms with Gasteiger partial charge in [-0.25, -0.2) is 8.78 Å². The molecule has 0 aliphatic rings. The van der Waals surface area contributed by atoms with Crippen molar-refractivity contribution in [2.45, 2.75) is 6.92 Å². The van der Waals surface area contributed by atoms with Crippen LogP contribution < -0.4 is 15.2 Å². The fourth-order valence-corrected chi connectivity index (χ4v) is 1.72. The van der Waals surface area contributed by atoms with E-state index in [0.717, 1.165) is 12.1 Å². The maximum atomic E-state index is 13.9. The van der Waals surface area contributed by atoms with Gasteiger partial charge in [-0.2, -0.15) is 0 Å². The summed E-state index contributed by atoms with van der Waals surface area (Å²) >= 11 is 0. The van der Waals surface area contributed by atoms with Crippen molar-refractivity contribution in [3.63, 3.8) is 0 Å². The SMILES string of the molecule is CCOc1cccc(Oc2c(F)cc(C(=N)N)cc2F)c1. The van der Waals surface area contributed by atoms with E-state index in [1.54, 1.807) is 18.2 Å². The summed E-state index contributed by atoms with van der Waals surface area (Å²) in [4.78, 5) is 0. The van der Waals surface area contributed by atoms with Crippen molar-refractivity contribution >= 4 is 5.84 Å². The Labute approximate surface area is 120 Å². The molecule has 0 spiro atoms. The summed E-state index contributed by atoms with van der Waals surface area (Å²) in [6.45, 7) is 2.30. The maximum Gasteiger partial charge on any atom is 0.198 e. The highest BCUT2D eigenvalue weighted by molar-refractivity contribution is 5.95. The molecular formula is C15H14F2N2O2. The quantitative estimate of drug-likeness (QED) is 0.655. The molecule has 0 fully saturated rings. The van der Waals surface area contributed by atoms with Crippen LogP contribution in [0.4, 0.5) is 8.78 Å². The normalized spacial score (nSPS) is 10.2. The molecule has 6 heteroatoms. The van der Waals surface area contributed by atoms with Crippen LogP contribution >= 0.6 is 0 Å². The van der Waals surface area contributed by atoms with Crippen molar-refractivity contribution < 1.29 is 18.3 Å². The fraction of sp³-hybridized carbons (Fsp3) is 0.133. The van der Waals surface area contributed by atoms with Gasteiger partial charge in [-0.3, -0.25) is 5.41 Å². The molecule has 21 heavy (non-hydrogen) atoms. The summed E-state index contributed by atoms with van der Waals surface area (Å²) in [5.74, 6) is -2.04. The molecule has 0 saturated carbocycles. The zero-order valence-corrected chi connectivity index (χ0v) is 11.3. The Morgan fingerprint density at radius 3 is 2.33 bits per heavy atom. The van der Waals surface area contributed by atoms with Crippen molar-refractivity contribution in [2.24, 2.45) is 5.73 Å². The van der Waals surface area contributed by atoms with Crippen LogP contribution in [-0.4, -0.2) is 12.4 Å². The van der Waals surface area contributed by atoms with Crippen LogP contribution in [0.2, 0.25) is 0 Å². The molecule has 3 N–H and O–H groups in total. The minimum absolute atomic E-state index is 0.0413. The zero-order chi connectivity index (χ0) is 15.4. The topological polar surface area (TPSA) is 68.3 Å². The summed E-state index contributed by atoms with van der Waals surface area (Å²) in [5, 5.41) is 7.18. The van der Waals surface area contributed by atoms with Crippen LogP contribution in [0.3, 0.4) is 0 Å². The smallest absolute Gasteiger partial charge is 0.198 e. The molecule has 2 rings (SSSR count). The largest absolute Gasteiger partial charge is 0.494 e. The number of ether oxygens (including phenoxy) is 2. The second kappa shape index (κ2) is 6.21. The first kappa shape index (κ1) is 14.8. The van der Waals surface area contributed by atoms with Gasteiger partial charge in [0.15, 0.2) is 17.4 Å². The Balaban J connectivity index is 2.31. The second-order valence-electron chi connectivity index (χ2n) is 4.19. The molecule has 2 aromatic carbocycles. The first-order valence-corrected chi connectivity index (χ1v) is 6.25. The number of rotatable bonds is 5. The van der Waals surface area contributed by atoms with Crippen molar-refractivity contribution in [3.05, 3.63) is 53.6 Å². The van der Waals surface area contributed by atoms with Gasteiger partial charge >= 0.3 is 0 Å². The monoisotopic (exact) mass is 292 g/mol. The van der Waals surface area contributed by atoms with Crippen LogP contribution in [0, 0.1) is 17.0 Å². The Kier molecular flexibility index (Phi) is 4.37. The molecule has 0 aromatic heterocycles. The summed E-state index contributed by atoms with van der Waals surface area (Å²) in [6, 6.07) is 8.35. The lowest BCUT2D eigenvalue weighted by Crippen LogP contribution is -2.12. The molecule has 2 aromatic rings. The van der Waals surface area contributed by atoms with Gasteiger partial charge in [0.05, 0.1) is 6.61 Å². The lowest BCUT2D eigenvalue weighted by atomic mass is 10.2. The molecule has 0 amide bonds. The fourth-order valence-electron chi connectivity index (χ4n) is 1.72. The summed E-state index contributed by atoms with van der Waals surface area (Å²) < 4.78 is 38.2. The first-order chi connectivity index (χ1) is 10.0. The number of nitrogens with one attached hydrogen (secondary N) is 1. The molecular weight excluding hydrogens is 278 g/mol. The Hall–Kier alpha value is -2.63. The van der Waals surface area contributed by atoms with Gasteiger partial charge in [0.25, 0.3) is 0 Å². The van der Waals surface area contributed by atoms with Crippen LogP contribution in [0.5, 0.6) is 17.2 Å². The third-order valence-electron chi connectivity index (χ3n) is 2.65. The van der Waals surface area contributed by atoms with E-state index in [9.17, 15) is 8.78 Å². The van der Waals surface area contributed by atoms with Crippen LogP contribution in [0.1, 0.15) is 12.5 Å². The molecule has 0 aliphatic carbocycles. The molecule has 0 atom stereocenters. The van der Waals surface area contributed by atoms with Gasteiger partial charge in [0.1, 0.15) is 17.3 Å². The van der Waals surface area contributed by atoms with E-state index in [1.807, 2.05) is 6.92 Å². The predicted octanol–water partition coefficient (Wildman–Crippen LogP) is 3.44. The average molecular weight is 292 g/mol. The van der Waals surface area contributed by atoms with Gasteiger partial charge in [0.2, 0.25) is 0 Å². The van der Waals surface area contributed by atoms with E-state index in [1.165, 1.54) is 6.07 Å². The van der Waals surface area contributed by atoms with Crippen LogP contribution in [0.25, 0.3) is 0 Å². The van der Waals surface area contributed by atoms with Gasteiger partial charge < -0.3 is 15.2 Å². The summed E-state index contributed by atoms with van der Waals surface area (Å²) in [7, 11) is 0. The second-order valence-corrected chi connectivity index (χ2v) is 4.19. The lowest BCUT2D eigenvalue weighted by Gasteiger charge is -2.10. The van der Waals surface area contributed by atoms with Gasteiger partial charge in [-0.1, -0.05) is 6.07 Å². The lowest BCUT2D eigenvalue weighted by molar-refractivity contribution is 0.337. The van der Waals surface area contributed by atoms with E-state index in [-0.39, 0.29) is 11.3 Å². The highest BCUT2D eigenvalue weighted by Crippen LogP contribution is 2.30. The number of nitrogen functional groups attached to an aromatic ring is 1. The Bertz CT molecular complexity index is 651. The minimum Gasteiger partial charge on any atom is -0.494 e. The van der Waals surface area contributed by atoms with Gasteiger partial charge in [-0.15, -0.1) is 0 Å². The number of amidine groups is 1. The van der Waals surface area contributed by atoms with E-state index < -0.39 is 23.2 Å². The van der Waals surface area contributed by atoms with Crippen molar-refractivity contribution in [3.8, 4) is 17.2 Å². The highest BCUT2D eigenvalue weighted by atomic mass is 19.1. The van der Waals surface area contributed by atoms with Crippen molar-refractivity contribution in [1.82, 2.24) is 0 Å². The summed E-state index contributed by atoms with van der Waals surface area (Å²) in [6.07, 6.45) is 0. The molecule has 0 heterocycles. The summed E-state index contributed by atoms with van der Waals surface area (Å²) in [5.41, 5.74) is 5.16. The highest BCUT2D eigenvalue weighted by Gasteiger charge is 2.15. The van der Waals surface area contributed by atoms with E-state index >= 15 is 0 Å². The molecule has 0 radical (unpaired) electrons.